The molecule has 0 aromatic heterocycles. The van der Waals surface area contributed by atoms with Gasteiger partial charge in [-0.2, -0.15) is 0 Å². The number of rotatable bonds is 4. The zero-order valence-corrected chi connectivity index (χ0v) is 11.1. The van der Waals surface area contributed by atoms with E-state index in [1.54, 1.807) is 32.0 Å². The number of ketones is 1. The van der Waals surface area contributed by atoms with Crippen molar-refractivity contribution >= 4 is 34.9 Å². The molecule has 0 fully saturated rings. The van der Waals surface area contributed by atoms with Crippen molar-refractivity contribution in [3.05, 3.63) is 33.8 Å². The second-order valence-corrected chi connectivity index (χ2v) is 4.40. The monoisotopic (exact) mass is 273 g/mol. The molecule has 92 valence electrons. The van der Waals surface area contributed by atoms with Crippen molar-refractivity contribution in [3.63, 3.8) is 0 Å². The number of hydrogen-bond acceptors (Lipinski definition) is 2. The molecule has 1 unspecified atom stereocenters. The van der Waals surface area contributed by atoms with Crippen molar-refractivity contribution in [1.29, 1.82) is 0 Å². The van der Waals surface area contributed by atoms with Crippen molar-refractivity contribution in [2.24, 2.45) is 0 Å². The highest BCUT2D eigenvalue weighted by Gasteiger charge is 2.17. The van der Waals surface area contributed by atoms with Gasteiger partial charge in [-0.15, -0.1) is 0 Å². The number of Topliss-reactive ketones (excluding diaryl/α,β-unsaturated/α-hetero) is 1. The maximum absolute atomic E-state index is 11.8. The van der Waals surface area contributed by atoms with Crippen LogP contribution < -0.4 is 5.32 Å². The summed E-state index contributed by atoms with van der Waals surface area (Å²) >= 11 is 11.7. The lowest BCUT2D eigenvalue weighted by Crippen LogP contribution is -2.38. The van der Waals surface area contributed by atoms with Crippen molar-refractivity contribution in [3.8, 4) is 0 Å². The van der Waals surface area contributed by atoms with Crippen LogP contribution in [0.3, 0.4) is 0 Å². The molecule has 0 aliphatic carbocycles. The predicted octanol–water partition coefficient (Wildman–Crippen LogP) is 3.09. The zero-order chi connectivity index (χ0) is 13.0. The van der Waals surface area contributed by atoms with E-state index < -0.39 is 11.9 Å². The minimum atomic E-state index is -0.525. The Morgan fingerprint density at radius 3 is 2.59 bits per heavy atom. The van der Waals surface area contributed by atoms with Crippen LogP contribution in [0.5, 0.6) is 0 Å². The molecule has 1 rings (SSSR count). The zero-order valence-electron chi connectivity index (χ0n) is 9.59. The Bertz CT molecular complexity index is 446. The number of amides is 1. The Balaban J connectivity index is 2.84. The average Bonchev–Trinajstić information content (AvgIpc) is 2.31. The second-order valence-electron chi connectivity index (χ2n) is 3.62. The molecule has 5 heteroatoms. The van der Waals surface area contributed by atoms with E-state index in [4.69, 9.17) is 23.2 Å². The molecule has 1 aromatic carbocycles. The Labute approximate surface area is 110 Å². The van der Waals surface area contributed by atoms with E-state index in [-0.39, 0.29) is 16.4 Å². The van der Waals surface area contributed by atoms with Gasteiger partial charge in [0.15, 0.2) is 5.78 Å². The summed E-state index contributed by atoms with van der Waals surface area (Å²) in [5, 5.41) is 3.09. The van der Waals surface area contributed by atoms with Crippen LogP contribution in [0.2, 0.25) is 10.0 Å². The van der Waals surface area contributed by atoms with Crippen LogP contribution in [0.4, 0.5) is 0 Å². The fourth-order valence-corrected chi connectivity index (χ4v) is 1.73. The van der Waals surface area contributed by atoms with Crippen LogP contribution in [0.15, 0.2) is 18.2 Å². The maximum atomic E-state index is 11.8. The molecule has 1 amide bonds. The van der Waals surface area contributed by atoms with Gasteiger partial charge >= 0.3 is 0 Å². The highest BCUT2D eigenvalue weighted by molar-refractivity contribution is 6.43. The predicted molar refractivity (Wildman–Crippen MR) is 68.7 cm³/mol. The first-order valence-corrected chi connectivity index (χ1v) is 6.00. The van der Waals surface area contributed by atoms with Gasteiger partial charge in [0.25, 0.3) is 5.91 Å². The number of nitrogens with one attached hydrogen (secondary N) is 1. The molecule has 0 saturated heterocycles. The molecule has 0 bridgehead atoms. The van der Waals surface area contributed by atoms with Gasteiger partial charge in [-0.25, -0.2) is 0 Å². The molecule has 1 aromatic rings. The number of carbonyl (C=O) groups excluding carboxylic acids is 2. The summed E-state index contributed by atoms with van der Waals surface area (Å²) in [6.07, 6.45) is 0.380. The molecule has 1 atom stereocenters. The van der Waals surface area contributed by atoms with E-state index >= 15 is 0 Å². The lowest BCUT2D eigenvalue weighted by atomic mass is 10.1. The maximum Gasteiger partial charge on any atom is 0.253 e. The smallest absolute Gasteiger partial charge is 0.253 e. The quantitative estimate of drug-likeness (QED) is 0.917. The molecule has 3 nitrogen and oxygen atoms in total. The molecule has 1 N–H and O–H groups in total. The van der Waals surface area contributed by atoms with E-state index in [9.17, 15) is 9.59 Å². The SMILES string of the molecule is CCC(=O)C(C)NC(=O)c1cccc(Cl)c1Cl. The summed E-state index contributed by atoms with van der Waals surface area (Å²) in [5.41, 5.74) is 0.273. The summed E-state index contributed by atoms with van der Waals surface area (Å²) in [7, 11) is 0. The standard InChI is InChI=1S/C12H13Cl2NO2/c1-3-10(16)7(2)15-12(17)8-5-4-6-9(13)11(8)14/h4-7H,3H2,1-2H3,(H,15,17). The summed E-state index contributed by atoms with van der Waals surface area (Å²) in [5.74, 6) is -0.427. The third kappa shape index (κ3) is 3.45. The van der Waals surface area contributed by atoms with Crippen molar-refractivity contribution in [2.75, 3.05) is 0 Å². The normalized spacial score (nSPS) is 12.0. The average molecular weight is 274 g/mol. The van der Waals surface area contributed by atoms with Gasteiger partial charge < -0.3 is 5.32 Å². The largest absolute Gasteiger partial charge is 0.342 e. The summed E-state index contributed by atoms with van der Waals surface area (Å²) < 4.78 is 0. The van der Waals surface area contributed by atoms with Crippen LogP contribution in [-0.4, -0.2) is 17.7 Å². The van der Waals surface area contributed by atoms with Crippen LogP contribution in [0.25, 0.3) is 0 Å². The van der Waals surface area contributed by atoms with E-state index in [0.717, 1.165) is 0 Å². The number of benzene rings is 1. The Hall–Kier alpha value is -1.06. The van der Waals surface area contributed by atoms with Crippen LogP contribution in [-0.2, 0) is 4.79 Å². The number of carbonyl (C=O) groups is 2. The Morgan fingerprint density at radius 2 is 2.00 bits per heavy atom. The van der Waals surface area contributed by atoms with Crippen LogP contribution in [0, 0.1) is 0 Å². The fraction of sp³-hybridized carbons (Fsp3) is 0.333. The lowest BCUT2D eigenvalue weighted by Gasteiger charge is -2.12. The molecule has 0 spiro atoms. The van der Waals surface area contributed by atoms with Gasteiger partial charge in [-0.1, -0.05) is 36.2 Å². The van der Waals surface area contributed by atoms with Gasteiger partial charge in [0.2, 0.25) is 0 Å². The van der Waals surface area contributed by atoms with Gasteiger partial charge in [-0.3, -0.25) is 9.59 Å². The summed E-state index contributed by atoms with van der Waals surface area (Å²) in [4.78, 5) is 23.2. The molecule has 0 aliphatic heterocycles. The first-order valence-electron chi connectivity index (χ1n) is 5.25. The minimum Gasteiger partial charge on any atom is -0.342 e. The van der Waals surface area contributed by atoms with E-state index in [2.05, 4.69) is 5.32 Å². The Kier molecular flexibility index (Phi) is 4.97. The molecule has 0 radical (unpaired) electrons. The molecule has 0 saturated carbocycles. The van der Waals surface area contributed by atoms with Crippen molar-refractivity contribution in [1.82, 2.24) is 5.32 Å². The van der Waals surface area contributed by atoms with E-state index in [1.807, 2.05) is 0 Å². The first kappa shape index (κ1) is 14.0. The Morgan fingerprint density at radius 1 is 1.35 bits per heavy atom. The molecular formula is C12H13Cl2NO2. The van der Waals surface area contributed by atoms with Crippen LogP contribution >= 0.6 is 23.2 Å². The molecular weight excluding hydrogens is 261 g/mol. The molecule has 17 heavy (non-hydrogen) atoms. The van der Waals surface area contributed by atoms with Crippen molar-refractivity contribution in [2.45, 2.75) is 26.3 Å². The van der Waals surface area contributed by atoms with Crippen molar-refractivity contribution < 1.29 is 9.59 Å². The topological polar surface area (TPSA) is 46.2 Å². The first-order chi connectivity index (χ1) is 7.97. The lowest BCUT2D eigenvalue weighted by molar-refractivity contribution is -0.120. The highest BCUT2D eigenvalue weighted by atomic mass is 35.5. The number of hydrogen-bond donors (Lipinski definition) is 1. The third-order valence-electron chi connectivity index (χ3n) is 2.38. The summed E-state index contributed by atoms with van der Waals surface area (Å²) in [6, 6.07) is 4.27. The highest BCUT2D eigenvalue weighted by Crippen LogP contribution is 2.25. The van der Waals surface area contributed by atoms with Crippen LogP contribution in [0.1, 0.15) is 30.6 Å². The minimum absolute atomic E-state index is 0.0310. The number of halogens is 2. The summed E-state index contributed by atoms with van der Waals surface area (Å²) in [6.45, 7) is 3.39. The molecule has 0 heterocycles. The van der Waals surface area contributed by atoms with Gasteiger partial charge in [0.1, 0.15) is 0 Å². The van der Waals surface area contributed by atoms with E-state index in [0.29, 0.717) is 11.4 Å². The van der Waals surface area contributed by atoms with E-state index in [1.165, 1.54) is 0 Å². The third-order valence-corrected chi connectivity index (χ3v) is 3.19. The van der Waals surface area contributed by atoms with Gasteiger partial charge in [-0.05, 0) is 19.1 Å². The molecule has 0 aliphatic rings. The van der Waals surface area contributed by atoms with Gasteiger partial charge in [0, 0.05) is 6.42 Å². The van der Waals surface area contributed by atoms with Gasteiger partial charge in [0.05, 0.1) is 21.7 Å². The fourth-order valence-electron chi connectivity index (χ4n) is 1.34. The second kappa shape index (κ2) is 6.03.